The number of hydrogen-bond donors (Lipinski definition) is 1. The summed E-state index contributed by atoms with van der Waals surface area (Å²) in [6, 6.07) is 0.537. The molecule has 0 bridgehead atoms. The van der Waals surface area contributed by atoms with E-state index < -0.39 is 5.54 Å². The number of esters is 1. The number of carbonyl (C=O) groups is 1. The average molecular weight is 268 g/mol. The molecule has 19 heavy (non-hydrogen) atoms. The number of likely N-dealkylation sites (N-methyl/N-ethyl adjacent to an activating group) is 1. The van der Waals surface area contributed by atoms with Crippen LogP contribution in [0.4, 0.5) is 0 Å². The maximum absolute atomic E-state index is 12.0. The van der Waals surface area contributed by atoms with E-state index in [1.807, 2.05) is 7.05 Å². The Morgan fingerprint density at radius 3 is 2.68 bits per heavy atom. The molecule has 3 unspecified atom stereocenters. The molecule has 4 heteroatoms. The Morgan fingerprint density at radius 1 is 1.42 bits per heavy atom. The zero-order valence-electron chi connectivity index (χ0n) is 12.7. The molecule has 2 fully saturated rings. The lowest BCUT2D eigenvalue weighted by atomic mass is 9.95. The maximum Gasteiger partial charge on any atom is 0.326 e. The Bertz CT molecular complexity index is 332. The molecule has 0 aromatic carbocycles. The highest BCUT2D eigenvalue weighted by Crippen LogP contribution is 2.37. The molecule has 1 aliphatic carbocycles. The van der Waals surface area contributed by atoms with Crippen LogP contribution in [0.25, 0.3) is 0 Å². The third kappa shape index (κ3) is 2.79. The Labute approximate surface area is 116 Å². The standard InChI is InChI=1S/C15H28N2O2/c1-11(2)12-6-8-17(10-12)13-5-7-15(9-13,16-3)14(18)19-4/h11-13,16H,5-10H2,1-4H3. The third-order valence-corrected chi connectivity index (χ3v) is 5.26. The van der Waals surface area contributed by atoms with Crippen LogP contribution in [0.1, 0.15) is 39.5 Å². The summed E-state index contributed by atoms with van der Waals surface area (Å²) in [5.41, 5.74) is -0.449. The fourth-order valence-corrected chi connectivity index (χ4v) is 3.73. The predicted octanol–water partition coefficient (Wildman–Crippen LogP) is 1.65. The first-order valence-electron chi connectivity index (χ1n) is 7.54. The summed E-state index contributed by atoms with van der Waals surface area (Å²) in [7, 11) is 3.36. The van der Waals surface area contributed by atoms with E-state index in [2.05, 4.69) is 24.1 Å². The summed E-state index contributed by atoms with van der Waals surface area (Å²) in [6.07, 6.45) is 4.18. The van der Waals surface area contributed by atoms with E-state index in [4.69, 9.17) is 4.74 Å². The van der Waals surface area contributed by atoms with Gasteiger partial charge in [-0.3, -0.25) is 4.79 Å². The Hall–Kier alpha value is -0.610. The van der Waals surface area contributed by atoms with Crippen molar-refractivity contribution in [2.24, 2.45) is 11.8 Å². The van der Waals surface area contributed by atoms with Gasteiger partial charge in [-0.1, -0.05) is 13.8 Å². The topological polar surface area (TPSA) is 41.6 Å². The second kappa shape index (κ2) is 5.80. The SMILES string of the molecule is CNC1(C(=O)OC)CCC(N2CCC(C(C)C)C2)C1. The van der Waals surface area contributed by atoms with E-state index >= 15 is 0 Å². The fourth-order valence-electron chi connectivity index (χ4n) is 3.73. The molecule has 2 rings (SSSR count). The van der Waals surface area contributed by atoms with E-state index in [1.54, 1.807) is 0 Å². The van der Waals surface area contributed by atoms with Crippen molar-refractivity contribution in [3.63, 3.8) is 0 Å². The molecule has 1 N–H and O–H groups in total. The molecular formula is C15H28N2O2. The minimum Gasteiger partial charge on any atom is -0.468 e. The molecule has 4 nitrogen and oxygen atoms in total. The molecule has 1 saturated heterocycles. The van der Waals surface area contributed by atoms with Crippen molar-refractivity contribution in [2.45, 2.75) is 51.1 Å². The number of nitrogens with zero attached hydrogens (tertiary/aromatic N) is 1. The van der Waals surface area contributed by atoms with Crippen molar-refractivity contribution in [2.75, 3.05) is 27.2 Å². The van der Waals surface area contributed by atoms with Gasteiger partial charge >= 0.3 is 5.97 Å². The molecule has 2 aliphatic rings. The Balaban J connectivity index is 1.97. The number of likely N-dealkylation sites (tertiary alicyclic amines) is 1. The molecule has 0 aromatic heterocycles. The lowest BCUT2D eigenvalue weighted by molar-refractivity contribution is -0.148. The number of nitrogens with one attached hydrogen (secondary N) is 1. The Morgan fingerprint density at radius 2 is 2.16 bits per heavy atom. The largest absolute Gasteiger partial charge is 0.468 e. The summed E-state index contributed by atoms with van der Waals surface area (Å²) in [5.74, 6) is 1.49. The number of ether oxygens (including phenoxy) is 1. The zero-order chi connectivity index (χ0) is 14.0. The molecule has 1 aliphatic heterocycles. The lowest BCUT2D eigenvalue weighted by Gasteiger charge is -2.29. The van der Waals surface area contributed by atoms with E-state index in [0.717, 1.165) is 31.1 Å². The molecule has 0 spiro atoms. The van der Waals surface area contributed by atoms with Gasteiger partial charge in [0.15, 0.2) is 0 Å². The summed E-state index contributed by atoms with van der Waals surface area (Å²) in [4.78, 5) is 14.6. The van der Waals surface area contributed by atoms with Gasteiger partial charge in [0.1, 0.15) is 5.54 Å². The van der Waals surface area contributed by atoms with Crippen molar-refractivity contribution in [3.05, 3.63) is 0 Å². The van der Waals surface area contributed by atoms with Crippen molar-refractivity contribution in [3.8, 4) is 0 Å². The molecule has 0 amide bonds. The zero-order valence-corrected chi connectivity index (χ0v) is 12.7. The number of carbonyl (C=O) groups excluding carboxylic acids is 1. The van der Waals surface area contributed by atoms with Gasteiger partial charge in [-0.2, -0.15) is 0 Å². The monoisotopic (exact) mass is 268 g/mol. The molecule has 110 valence electrons. The summed E-state index contributed by atoms with van der Waals surface area (Å²) in [5, 5.41) is 3.21. The number of methoxy groups -OCH3 is 1. The van der Waals surface area contributed by atoms with Crippen LogP contribution in [0.15, 0.2) is 0 Å². The minimum absolute atomic E-state index is 0.0999. The quantitative estimate of drug-likeness (QED) is 0.787. The van der Waals surface area contributed by atoms with Crippen LogP contribution in [0.3, 0.4) is 0 Å². The van der Waals surface area contributed by atoms with Crippen molar-refractivity contribution in [1.29, 1.82) is 0 Å². The van der Waals surface area contributed by atoms with E-state index in [9.17, 15) is 4.79 Å². The van der Waals surface area contributed by atoms with Gasteiger partial charge in [0.25, 0.3) is 0 Å². The molecule has 3 atom stereocenters. The summed E-state index contributed by atoms with van der Waals surface area (Å²) >= 11 is 0. The van der Waals surface area contributed by atoms with Gasteiger partial charge in [-0.25, -0.2) is 0 Å². The van der Waals surface area contributed by atoms with Crippen LogP contribution < -0.4 is 5.32 Å². The fraction of sp³-hybridized carbons (Fsp3) is 0.933. The molecule has 1 heterocycles. The highest BCUT2D eigenvalue weighted by molar-refractivity contribution is 5.81. The van der Waals surface area contributed by atoms with Gasteiger partial charge in [0.05, 0.1) is 7.11 Å². The smallest absolute Gasteiger partial charge is 0.326 e. The first kappa shape index (κ1) is 14.8. The molecule has 0 aromatic rings. The van der Waals surface area contributed by atoms with Crippen LogP contribution in [0, 0.1) is 11.8 Å². The molecule has 1 saturated carbocycles. The predicted molar refractivity (Wildman–Crippen MR) is 76.0 cm³/mol. The average Bonchev–Trinajstić information content (AvgIpc) is 3.04. The van der Waals surface area contributed by atoms with Gasteiger partial charge in [-0.15, -0.1) is 0 Å². The third-order valence-electron chi connectivity index (χ3n) is 5.26. The van der Waals surface area contributed by atoms with Crippen molar-refractivity contribution in [1.82, 2.24) is 10.2 Å². The van der Waals surface area contributed by atoms with Crippen LogP contribution in [-0.2, 0) is 9.53 Å². The van der Waals surface area contributed by atoms with Crippen LogP contribution in [-0.4, -0.2) is 49.7 Å². The highest BCUT2D eigenvalue weighted by Gasteiger charge is 2.47. The van der Waals surface area contributed by atoms with E-state index in [0.29, 0.717) is 6.04 Å². The van der Waals surface area contributed by atoms with Crippen molar-refractivity contribution < 1.29 is 9.53 Å². The summed E-state index contributed by atoms with van der Waals surface area (Å²) in [6.45, 7) is 7.02. The number of hydrogen-bond acceptors (Lipinski definition) is 4. The van der Waals surface area contributed by atoms with Crippen LogP contribution in [0.5, 0.6) is 0 Å². The first-order chi connectivity index (χ1) is 9.02. The van der Waals surface area contributed by atoms with Gasteiger partial charge in [0, 0.05) is 12.6 Å². The molecular weight excluding hydrogens is 240 g/mol. The lowest BCUT2D eigenvalue weighted by Crippen LogP contribution is -2.50. The van der Waals surface area contributed by atoms with E-state index in [1.165, 1.54) is 26.6 Å². The van der Waals surface area contributed by atoms with Gasteiger partial charge in [-0.05, 0) is 51.1 Å². The normalized spacial score (nSPS) is 36.1. The van der Waals surface area contributed by atoms with E-state index in [-0.39, 0.29) is 5.97 Å². The second-order valence-corrected chi connectivity index (χ2v) is 6.51. The minimum atomic E-state index is -0.449. The van der Waals surface area contributed by atoms with Crippen molar-refractivity contribution >= 4 is 5.97 Å². The van der Waals surface area contributed by atoms with Gasteiger partial charge < -0.3 is 15.0 Å². The summed E-state index contributed by atoms with van der Waals surface area (Å²) < 4.78 is 4.98. The number of rotatable bonds is 4. The molecule has 0 radical (unpaired) electrons. The first-order valence-corrected chi connectivity index (χ1v) is 7.54. The maximum atomic E-state index is 12.0. The van der Waals surface area contributed by atoms with Crippen LogP contribution in [0.2, 0.25) is 0 Å². The Kier molecular flexibility index (Phi) is 4.51. The second-order valence-electron chi connectivity index (χ2n) is 6.51. The van der Waals surface area contributed by atoms with Gasteiger partial charge in [0.2, 0.25) is 0 Å². The highest BCUT2D eigenvalue weighted by atomic mass is 16.5. The van der Waals surface area contributed by atoms with Crippen LogP contribution >= 0.6 is 0 Å².